The van der Waals surface area contributed by atoms with Gasteiger partial charge in [-0.1, -0.05) is 71.1 Å². The Bertz CT molecular complexity index is 1930. The second kappa shape index (κ2) is 28.4. The third kappa shape index (κ3) is 16.0. The number of hydrogen-bond acceptors (Lipinski definition) is 15. The number of nitrogens with zero attached hydrogens (tertiary/aromatic N) is 1. The fraction of sp³-hybridized carbons (Fsp3) is 0.768. The second-order valence-electron chi connectivity index (χ2n) is 21.7. The van der Waals surface area contributed by atoms with Crippen LogP contribution in [0.25, 0.3) is 0 Å². The van der Waals surface area contributed by atoms with Gasteiger partial charge >= 0.3 is 5.97 Å². The molecule has 16 nitrogen and oxygen atoms in total. The molecular formula is C56H87NO15. The van der Waals surface area contributed by atoms with Crippen LogP contribution in [-0.4, -0.2) is 158 Å². The van der Waals surface area contributed by atoms with E-state index in [1.165, 1.54) is 12.0 Å². The van der Waals surface area contributed by atoms with Gasteiger partial charge in [-0.2, -0.15) is 0 Å². The van der Waals surface area contributed by atoms with Crippen LogP contribution in [0.5, 0.6) is 0 Å². The predicted octanol–water partition coefficient (Wildman–Crippen LogP) is 6.21. The lowest BCUT2D eigenvalue weighted by molar-refractivity contribution is -0.266. The van der Waals surface area contributed by atoms with E-state index in [-0.39, 0.29) is 80.0 Å². The van der Waals surface area contributed by atoms with Crippen LogP contribution in [-0.2, 0) is 57.1 Å². The molecule has 0 spiro atoms. The lowest BCUT2D eigenvalue weighted by Crippen LogP contribution is -2.61. The smallest absolute Gasteiger partial charge is 0.329 e. The number of Topliss-reactive ketones (excluding diaryl/α,β-unsaturated/α-hetero) is 3. The molecule has 4 aliphatic heterocycles. The van der Waals surface area contributed by atoms with Crippen molar-refractivity contribution in [3.05, 3.63) is 47.6 Å². The molecule has 2 bridgehead atoms. The number of esters is 1. The van der Waals surface area contributed by atoms with Crippen LogP contribution >= 0.6 is 0 Å². The van der Waals surface area contributed by atoms with E-state index in [0.717, 1.165) is 12.0 Å². The van der Waals surface area contributed by atoms with E-state index in [9.17, 15) is 39.3 Å². The maximum Gasteiger partial charge on any atom is 0.329 e. The Hall–Kier alpha value is -3.45. The fourth-order valence-electron chi connectivity index (χ4n) is 11.0. The zero-order valence-corrected chi connectivity index (χ0v) is 44.5. The molecule has 4 heterocycles. The molecule has 0 aromatic rings. The number of fused-ring (bicyclic) bond motifs is 3. The van der Waals surface area contributed by atoms with Crippen molar-refractivity contribution < 1.29 is 72.5 Å². The molecule has 0 aromatic heterocycles. The van der Waals surface area contributed by atoms with Crippen LogP contribution in [0.1, 0.15) is 126 Å². The summed E-state index contributed by atoms with van der Waals surface area (Å²) in [7, 11) is 3.01. The molecule has 5 rings (SSSR count). The summed E-state index contributed by atoms with van der Waals surface area (Å²) in [6.45, 7) is 14.6. The number of carbonyl (C=O) groups excluding carboxylic acids is 5. The molecule has 1 aliphatic carbocycles. The Morgan fingerprint density at radius 3 is 2.28 bits per heavy atom. The van der Waals surface area contributed by atoms with Crippen molar-refractivity contribution in [2.75, 3.05) is 53.8 Å². The topological polar surface area (TPSA) is 214 Å². The molecule has 3 saturated heterocycles. The van der Waals surface area contributed by atoms with E-state index in [2.05, 4.69) is 0 Å². The highest BCUT2D eigenvalue weighted by molar-refractivity contribution is 6.39. The van der Waals surface area contributed by atoms with Gasteiger partial charge in [0.15, 0.2) is 5.78 Å². The van der Waals surface area contributed by atoms with Gasteiger partial charge in [0.2, 0.25) is 5.79 Å². The maximum atomic E-state index is 14.6. The molecule has 16 heteroatoms. The minimum atomic E-state index is -2.45. The van der Waals surface area contributed by atoms with Gasteiger partial charge in [0, 0.05) is 57.3 Å². The number of hydrogen-bond donors (Lipinski definition) is 3. The summed E-state index contributed by atoms with van der Waals surface area (Å²) < 4.78 is 41.8. The van der Waals surface area contributed by atoms with Gasteiger partial charge in [-0.3, -0.25) is 19.2 Å². The van der Waals surface area contributed by atoms with E-state index in [0.29, 0.717) is 83.2 Å². The third-order valence-electron chi connectivity index (χ3n) is 15.8. The van der Waals surface area contributed by atoms with Crippen molar-refractivity contribution in [3.63, 3.8) is 0 Å². The zero-order valence-electron chi connectivity index (χ0n) is 44.5. The lowest BCUT2D eigenvalue weighted by atomic mass is 9.78. The van der Waals surface area contributed by atoms with Crippen molar-refractivity contribution in [2.45, 2.75) is 180 Å². The monoisotopic (exact) mass is 1010 g/mol. The summed E-state index contributed by atoms with van der Waals surface area (Å²) in [6, 6.07) is -1.15. The SMILES string of the molecule is CO[C@@H]1C[C@H](C[C@@H](C)[C@@H]2CC(=O)[C@H](C)/C=C(\C)[C@@H](O)[C@@H](OC)C(=O)[C@H](C)C[C@H](C)/C=C/C=C/C=C(\C)[C@H](OCC3COC3)C[C@@H]3CC[C@@H](C)[C@@](O)(O3)C(=O)C(=O)N3CCCC[C@H]3C(=O)O2)CC[C@H]1OCCO. The Labute approximate surface area is 428 Å². The fourth-order valence-corrected chi connectivity index (χ4v) is 11.0. The van der Waals surface area contributed by atoms with Crippen LogP contribution in [0.2, 0.25) is 0 Å². The number of ketones is 3. The summed E-state index contributed by atoms with van der Waals surface area (Å²) in [5.74, 6) is -7.79. The minimum Gasteiger partial charge on any atom is -0.460 e. The predicted molar refractivity (Wildman–Crippen MR) is 269 cm³/mol. The second-order valence-corrected chi connectivity index (χ2v) is 21.7. The summed E-state index contributed by atoms with van der Waals surface area (Å²) >= 11 is 0. The van der Waals surface area contributed by atoms with Crippen LogP contribution < -0.4 is 0 Å². The summed E-state index contributed by atoms with van der Waals surface area (Å²) in [5.41, 5.74) is 1.28. The molecule has 0 radical (unpaired) electrons. The number of rotatable bonds is 11. The first kappa shape index (κ1) is 59.4. The number of aliphatic hydroxyl groups is 3. The minimum absolute atomic E-state index is 0.00566. The normalized spacial score (nSPS) is 38.9. The number of methoxy groups -OCH3 is 2. The molecule has 406 valence electrons. The van der Waals surface area contributed by atoms with Crippen molar-refractivity contribution in [1.82, 2.24) is 4.90 Å². The molecule has 4 fully saturated rings. The van der Waals surface area contributed by atoms with E-state index in [4.69, 9.17) is 33.2 Å². The number of allylic oxidation sites excluding steroid dienone is 6. The van der Waals surface area contributed by atoms with Gasteiger partial charge in [0.25, 0.3) is 11.7 Å². The number of cyclic esters (lactones) is 1. The summed E-state index contributed by atoms with van der Waals surface area (Å²) in [5, 5.41) is 33.0. The standard InChI is InChI=1S/C56H87NO15/c1-34-15-11-10-12-16-35(2)47(70-33-42-31-68-32-42)29-43-20-18-40(7)56(65,72-43)53(62)54(63)57-22-14-13-17-44(57)55(64)71-48(37(4)27-41-19-21-46(69-24-23-58)49(28-41)66-8)30-45(59)36(3)26-39(6)51(61)52(67-9)50(60)38(5)25-34/h10-12,15-16,26,34,36-38,40-44,46-49,51-52,58,61,65H,13-14,17-25,27-33H2,1-9H3/b12-10+,15-11+,35-16+,39-26+/t34-,36-,37-,38-,40-,41+,43+,44+,46-,47-,48+,49-,51-,52+,56-/m1/s1. The van der Waals surface area contributed by atoms with Gasteiger partial charge in [-0.25, -0.2) is 4.79 Å². The molecule has 1 amide bonds. The summed E-state index contributed by atoms with van der Waals surface area (Å²) in [4.78, 5) is 72.7. The Morgan fingerprint density at radius 1 is 0.847 bits per heavy atom. The molecule has 72 heavy (non-hydrogen) atoms. The van der Waals surface area contributed by atoms with Gasteiger partial charge in [-0.05, 0) is 107 Å². The van der Waals surface area contributed by atoms with Gasteiger partial charge < -0.3 is 53.4 Å². The van der Waals surface area contributed by atoms with Crippen molar-refractivity contribution in [1.29, 1.82) is 0 Å². The molecule has 3 N–H and O–H groups in total. The van der Waals surface area contributed by atoms with Crippen molar-refractivity contribution >= 4 is 29.2 Å². The number of aliphatic hydroxyl groups excluding tert-OH is 2. The van der Waals surface area contributed by atoms with Crippen LogP contribution in [0.3, 0.4) is 0 Å². The highest BCUT2D eigenvalue weighted by atomic mass is 16.6. The Morgan fingerprint density at radius 2 is 1.60 bits per heavy atom. The van der Waals surface area contributed by atoms with Gasteiger partial charge in [-0.15, -0.1) is 0 Å². The molecule has 0 unspecified atom stereocenters. The van der Waals surface area contributed by atoms with E-state index in [1.54, 1.807) is 34.0 Å². The molecule has 15 atom stereocenters. The van der Waals surface area contributed by atoms with Crippen LogP contribution in [0, 0.1) is 41.4 Å². The van der Waals surface area contributed by atoms with E-state index < -0.39 is 77.8 Å². The molecule has 5 aliphatic rings. The summed E-state index contributed by atoms with van der Waals surface area (Å²) in [6.07, 6.45) is 12.0. The zero-order chi connectivity index (χ0) is 52.7. The van der Waals surface area contributed by atoms with Gasteiger partial charge in [0.05, 0.1) is 57.5 Å². The number of amides is 1. The van der Waals surface area contributed by atoms with Crippen molar-refractivity contribution in [2.24, 2.45) is 41.4 Å². The lowest BCUT2D eigenvalue weighted by Gasteiger charge is -2.43. The maximum absolute atomic E-state index is 14.6. The number of carbonyl (C=O) groups is 5. The van der Waals surface area contributed by atoms with Crippen LogP contribution in [0.4, 0.5) is 0 Å². The molecule has 0 aromatic carbocycles. The quantitative estimate of drug-likeness (QED) is 0.119. The van der Waals surface area contributed by atoms with Gasteiger partial charge in [0.1, 0.15) is 30.1 Å². The third-order valence-corrected chi connectivity index (χ3v) is 15.8. The van der Waals surface area contributed by atoms with Crippen molar-refractivity contribution in [3.8, 4) is 0 Å². The highest BCUT2D eigenvalue weighted by Gasteiger charge is 2.53. The Balaban J connectivity index is 1.47. The Kier molecular flexibility index (Phi) is 23.5. The molecular weight excluding hydrogens is 927 g/mol. The largest absolute Gasteiger partial charge is 0.460 e. The van der Waals surface area contributed by atoms with E-state index in [1.807, 2.05) is 58.1 Å². The first-order chi connectivity index (χ1) is 34.3. The first-order valence-corrected chi connectivity index (χ1v) is 26.7. The number of ether oxygens (including phenoxy) is 7. The average molecular weight is 1010 g/mol. The van der Waals surface area contributed by atoms with Crippen LogP contribution in [0.15, 0.2) is 47.6 Å². The number of piperidine rings is 1. The highest BCUT2D eigenvalue weighted by Crippen LogP contribution is 2.38. The molecule has 1 saturated carbocycles. The average Bonchev–Trinajstić information content (AvgIpc) is 3.34. The van der Waals surface area contributed by atoms with E-state index >= 15 is 0 Å². The first-order valence-electron chi connectivity index (χ1n) is 26.7.